The SMILES string of the molecule is N/C(=N\C(=O)Nc1cccc2cnccc12)C1CCCN(CCc2cccc(-n3ccnc3)c2)C1. The first-order valence-electron chi connectivity index (χ1n) is 11.9. The van der Waals surface area contributed by atoms with E-state index in [1.54, 1.807) is 18.6 Å². The lowest BCUT2D eigenvalue weighted by Gasteiger charge is -2.32. The number of rotatable bonds is 6. The summed E-state index contributed by atoms with van der Waals surface area (Å²) < 4.78 is 2.01. The molecule has 0 bridgehead atoms. The maximum Gasteiger partial charge on any atom is 0.347 e. The van der Waals surface area contributed by atoms with Gasteiger partial charge in [0.15, 0.2) is 0 Å². The second-order valence-corrected chi connectivity index (χ2v) is 8.90. The summed E-state index contributed by atoms with van der Waals surface area (Å²) in [4.78, 5) is 27.5. The lowest BCUT2D eigenvalue weighted by molar-refractivity contribution is 0.206. The van der Waals surface area contributed by atoms with Crippen molar-refractivity contribution in [2.75, 3.05) is 25.0 Å². The number of benzene rings is 2. The van der Waals surface area contributed by atoms with Crippen LogP contribution >= 0.6 is 0 Å². The van der Waals surface area contributed by atoms with Gasteiger partial charge in [-0.05, 0) is 55.6 Å². The normalized spacial score (nSPS) is 16.9. The van der Waals surface area contributed by atoms with E-state index in [1.165, 1.54) is 5.56 Å². The molecule has 1 aliphatic rings. The number of nitrogens with one attached hydrogen (secondary N) is 1. The zero-order valence-corrected chi connectivity index (χ0v) is 19.5. The summed E-state index contributed by atoms with van der Waals surface area (Å²) in [7, 11) is 0. The molecule has 1 fully saturated rings. The van der Waals surface area contributed by atoms with Gasteiger partial charge in [-0.1, -0.05) is 24.3 Å². The van der Waals surface area contributed by atoms with Crippen LogP contribution in [0.4, 0.5) is 10.5 Å². The van der Waals surface area contributed by atoms with Crippen LogP contribution in [0.3, 0.4) is 0 Å². The van der Waals surface area contributed by atoms with E-state index in [0.29, 0.717) is 11.5 Å². The van der Waals surface area contributed by atoms with Crippen molar-refractivity contribution >= 4 is 28.3 Å². The summed E-state index contributed by atoms with van der Waals surface area (Å²) in [6.07, 6.45) is 11.9. The van der Waals surface area contributed by atoms with Gasteiger partial charge in [-0.2, -0.15) is 4.99 Å². The number of pyridine rings is 1. The van der Waals surface area contributed by atoms with Crippen LogP contribution in [0, 0.1) is 5.92 Å². The molecular weight excluding hydrogens is 438 g/mol. The molecule has 0 aliphatic carbocycles. The van der Waals surface area contributed by atoms with Gasteiger partial charge in [0.05, 0.1) is 12.0 Å². The fraction of sp³-hybridized carbons (Fsp3) is 0.259. The van der Waals surface area contributed by atoms with Crippen molar-refractivity contribution in [3.63, 3.8) is 0 Å². The number of aromatic nitrogens is 3. The van der Waals surface area contributed by atoms with E-state index in [4.69, 9.17) is 5.73 Å². The maximum absolute atomic E-state index is 12.6. The largest absolute Gasteiger partial charge is 0.387 e. The molecule has 1 unspecified atom stereocenters. The highest BCUT2D eigenvalue weighted by Crippen LogP contribution is 2.23. The van der Waals surface area contributed by atoms with E-state index in [2.05, 4.69) is 49.4 Å². The molecule has 2 aromatic carbocycles. The van der Waals surface area contributed by atoms with E-state index < -0.39 is 6.03 Å². The van der Waals surface area contributed by atoms with Crippen molar-refractivity contribution in [2.45, 2.75) is 19.3 Å². The third-order valence-corrected chi connectivity index (χ3v) is 6.51. The number of nitrogens with two attached hydrogens (primary N) is 1. The summed E-state index contributed by atoms with van der Waals surface area (Å²) in [5.41, 5.74) is 9.40. The minimum atomic E-state index is -0.444. The van der Waals surface area contributed by atoms with Crippen LogP contribution in [0.15, 0.2) is 84.6 Å². The lowest BCUT2D eigenvalue weighted by atomic mass is 9.96. The first kappa shape index (κ1) is 22.7. The van der Waals surface area contributed by atoms with Crippen molar-refractivity contribution in [3.05, 3.63) is 85.2 Å². The molecular formula is C27H29N7O. The Bertz CT molecular complexity index is 1330. The number of imidazole rings is 1. The summed E-state index contributed by atoms with van der Waals surface area (Å²) in [6, 6.07) is 15.7. The van der Waals surface area contributed by atoms with Crippen molar-refractivity contribution in [1.29, 1.82) is 0 Å². The highest BCUT2D eigenvalue weighted by atomic mass is 16.2. The molecule has 3 heterocycles. The van der Waals surface area contributed by atoms with Gasteiger partial charge in [0, 0.05) is 60.3 Å². The smallest absolute Gasteiger partial charge is 0.347 e. The lowest BCUT2D eigenvalue weighted by Crippen LogP contribution is -2.42. The Hall–Kier alpha value is -4.04. The molecule has 2 aromatic heterocycles. The number of amides is 2. The highest BCUT2D eigenvalue weighted by molar-refractivity contribution is 6.05. The zero-order chi connectivity index (χ0) is 24.0. The monoisotopic (exact) mass is 467 g/mol. The van der Waals surface area contributed by atoms with Gasteiger partial charge in [-0.15, -0.1) is 0 Å². The summed E-state index contributed by atoms with van der Waals surface area (Å²) >= 11 is 0. The first-order chi connectivity index (χ1) is 17.2. The minimum Gasteiger partial charge on any atom is -0.387 e. The van der Waals surface area contributed by atoms with Crippen molar-refractivity contribution < 1.29 is 4.79 Å². The van der Waals surface area contributed by atoms with E-state index in [-0.39, 0.29) is 5.92 Å². The number of nitrogens with zero attached hydrogens (tertiary/aromatic N) is 5. The molecule has 1 atom stereocenters. The molecule has 4 aromatic rings. The van der Waals surface area contributed by atoms with E-state index >= 15 is 0 Å². The van der Waals surface area contributed by atoms with Gasteiger partial charge in [0.1, 0.15) is 5.84 Å². The average Bonchev–Trinajstić information content (AvgIpc) is 3.43. The summed E-state index contributed by atoms with van der Waals surface area (Å²) in [5, 5.41) is 4.76. The number of piperidine rings is 1. The standard InChI is InChI=1S/C27H29N7O/c28-26(32-27(35)31-25-8-2-5-21-17-29-11-9-24(21)25)22-6-3-13-33(18-22)14-10-20-4-1-7-23(16-20)34-15-12-30-19-34/h1-2,4-5,7-9,11-12,15-17,19,22H,3,6,10,13-14,18H2,(H3,28,31,32,35). The van der Waals surface area contributed by atoms with Crippen molar-refractivity contribution in [3.8, 4) is 5.69 Å². The molecule has 1 saturated heterocycles. The predicted octanol–water partition coefficient (Wildman–Crippen LogP) is 4.26. The molecule has 1 aliphatic heterocycles. The summed E-state index contributed by atoms with van der Waals surface area (Å²) in [6.45, 7) is 2.78. The molecule has 8 heteroatoms. The Kier molecular flexibility index (Phi) is 6.81. The van der Waals surface area contributed by atoms with Crippen LogP contribution in [-0.2, 0) is 6.42 Å². The van der Waals surface area contributed by atoms with Crippen LogP contribution in [0.5, 0.6) is 0 Å². The molecule has 0 radical (unpaired) electrons. The van der Waals surface area contributed by atoms with Gasteiger partial charge < -0.3 is 20.5 Å². The van der Waals surface area contributed by atoms with Crippen LogP contribution in [0.2, 0.25) is 0 Å². The molecule has 8 nitrogen and oxygen atoms in total. The quantitative estimate of drug-likeness (QED) is 0.326. The Balaban J connectivity index is 1.18. The van der Waals surface area contributed by atoms with Crippen LogP contribution in [0.25, 0.3) is 16.5 Å². The summed E-state index contributed by atoms with van der Waals surface area (Å²) in [5.74, 6) is 0.472. The van der Waals surface area contributed by atoms with Gasteiger partial charge >= 0.3 is 6.03 Å². The number of hydrogen-bond donors (Lipinski definition) is 2. The third kappa shape index (κ3) is 5.55. The van der Waals surface area contributed by atoms with E-state index in [0.717, 1.165) is 55.4 Å². The number of anilines is 1. The molecule has 3 N–H and O–H groups in total. The Morgan fingerprint density at radius 1 is 1.14 bits per heavy atom. The predicted molar refractivity (Wildman–Crippen MR) is 139 cm³/mol. The average molecular weight is 468 g/mol. The fourth-order valence-corrected chi connectivity index (χ4v) is 4.65. The van der Waals surface area contributed by atoms with Crippen LogP contribution in [-0.4, -0.2) is 50.9 Å². The van der Waals surface area contributed by atoms with Crippen molar-refractivity contribution in [1.82, 2.24) is 19.4 Å². The highest BCUT2D eigenvalue weighted by Gasteiger charge is 2.23. The number of hydrogen-bond acceptors (Lipinski definition) is 4. The fourth-order valence-electron chi connectivity index (χ4n) is 4.65. The first-order valence-corrected chi connectivity index (χ1v) is 11.9. The number of likely N-dealkylation sites (tertiary alicyclic amines) is 1. The molecule has 0 saturated carbocycles. The number of carbonyl (C=O) groups is 1. The Morgan fingerprint density at radius 2 is 2.06 bits per heavy atom. The molecule has 0 spiro atoms. The second-order valence-electron chi connectivity index (χ2n) is 8.90. The van der Waals surface area contributed by atoms with E-state index in [9.17, 15) is 4.79 Å². The van der Waals surface area contributed by atoms with Crippen LogP contribution < -0.4 is 11.1 Å². The van der Waals surface area contributed by atoms with Gasteiger partial charge in [-0.3, -0.25) is 4.98 Å². The number of fused-ring (bicyclic) bond motifs is 1. The van der Waals surface area contributed by atoms with E-state index in [1.807, 2.05) is 41.4 Å². The maximum atomic E-state index is 12.6. The Morgan fingerprint density at radius 3 is 2.94 bits per heavy atom. The number of amidine groups is 1. The second kappa shape index (κ2) is 10.5. The molecule has 35 heavy (non-hydrogen) atoms. The number of carbonyl (C=O) groups excluding carboxylic acids is 1. The van der Waals surface area contributed by atoms with Gasteiger partial charge in [0.25, 0.3) is 0 Å². The number of urea groups is 1. The van der Waals surface area contributed by atoms with Crippen LogP contribution in [0.1, 0.15) is 18.4 Å². The Labute approximate surface area is 204 Å². The third-order valence-electron chi connectivity index (χ3n) is 6.51. The van der Waals surface area contributed by atoms with Crippen molar-refractivity contribution in [2.24, 2.45) is 16.6 Å². The minimum absolute atomic E-state index is 0.0727. The number of aliphatic imine (C=N–C) groups is 1. The molecule has 178 valence electrons. The van der Waals surface area contributed by atoms with Gasteiger partial charge in [-0.25, -0.2) is 9.78 Å². The molecule has 5 rings (SSSR count). The topological polar surface area (TPSA) is 101 Å². The molecule has 2 amide bonds. The zero-order valence-electron chi connectivity index (χ0n) is 19.5. The van der Waals surface area contributed by atoms with Gasteiger partial charge in [0.2, 0.25) is 0 Å².